The summed E-state index contributed by atoms with van der Waals surface area (Å²) < 4.78 is 40.4. The number of anilines is 1. The third kappa shape index (κ3) is 60.3. The Morgan fingerprint density at radius 2 is 0.920 bits per heavy atom. The second kappa shape index (κ2) is 20.7. The summed E-state index contributed by atoms with van der Waals surface area (Å²) in [7, 11) is -10.7. The fraction of sp³-hybridized carbons (Fsp3) is 0.250. The van der Waals surface area contributed by atoms with Crippen molar-refractivity contribution in [2.45, 2.75) is 13.8 Å². The molecule has 1 rings (SSSR count). The monoisotopic (exact) mass is 377 g/mol. The second-order valence-corrected chi connectivity index (χ2v) is 3.53. The van der Waals surface area contributed by atoms with Crippen LogP contribution in [-0.2, 0) is 0 Å². The van der Waals surface area contributed by atoms with E-state index in [2.05, 4.69) is 13.0 Å². The molecule has 9 nitrogen and oxygen atoms in total. The van der Waals surface area contributed by atoms with Gasteiger partial charge in [-0.2, -0.15) is 0 Å². The zero-order chi connectivity index (χ0) is 21.2. The van der Waals surface area contributed by atoms with E-state index in [1.807, 2.05) is 19.1 Å². The van der Waals surface area contributed by atoms with E-state index in [9.17, 15) is 17.3 Å². The van der Waals surface area contributed by atoms with Crippen molar-refractivity contribution in [3.63, 3.8) is 0 Å². The Hall–Kier alpha value is -1.32. The van der Waals surface area contributed by atoms with E-state index in [0.717, 1.165) is 5.69 Å². The van der Waals surface area contributed by atoms with Gasteiger partial charge in [0.2, 0.25) is 0 Å². The molecule has 0 aliphatic rings. The Morgan fingerprint density at radius 3 is 1.08 bits per heavy atom. The van der Waals surface area contributed by atoms with Gasteiger partial charge < -0.3 is 45.9 Å². The molecule has 1 aromatic carbocycles. The lowest BCUT2D eigenvalue weighted by atomic mass is 10.1. The molecular weight excluding hydrogens is 357 g/mol. The Morgan fingerprint density at radius 1 is 0.680 bits per heavy atom. The smallest absolute Gasteiger partial charge is 0.399 e. The maximum atomic E-state index is 10.1. The molecule has 144 valence electrons. The molecule has 0 fully saturated rings. The predicted molar refractivity (Wildman–Crippen MR) is 85.5 cm³/mol. The molecule has 0 saturated carbocycles. The lowest BCUT2D eigenvalue weighted by molar-refractivity contribution is 0.338. The average molecular weight is 376 g/mol. The molecule has 0 amide bonds. The van der Waals surface area contributed by atoms with Gasteiger partial charge in [0.15, 0.2) is 0 Å². The summed E-state index contributed by atoms with van der Waals surface area (Å²) in [5.74, 6) is 0. The fourth-order valence-electron chi connectivity index (χ4n) is 0.774. The molecule has 25 heavy (non-hydrogen) atoms. The minimum atomic E-state index is -2.67. The molecule has 0 bridgehead atoms. The van der Waals surface area contributed by atoms with E-state index >= 15 is 0 Å². The van der Waals surface area contributed by atoms with Crippen LogP contribution in [0.3, 0.4) is 0 Å². The number of halogens is 4. The molecule has 0 atom stereocenters. The van der Waals surface area contributed by atoms with E-state index < -0.39 is 29.6 Å². The highest BCUT2D eigenvalue weighted by Crippen LogP contribution is 2.13. The average Bonchev–Trinajstić information content (AvgIpc) is 2.33. The number of hydrogen-bond acceptors (Lipinski definition) is 9. The maximum absolute atomic E-state index is 10.1. The first kappa shape index (κ1) is 31.4. The molecule has 17 heteroatoms. The van der Waals surface area contributed by atoms with Crippen molar-refractivity contribution in [2.24, 2.45) is 0 Å². The van der Waals surface area contributed by atoms with E-state index in [1.54, 1.807) is 0 Å². The van der Waals surface area contributed by atoms with Gasteiger partial charge in [0.25, 0.3) is 0 Å². The van der Waals surface area contributed by atoms with Crippen LogP contribution in [0.4, 0.5) is 23.0 Å². The zero-order valence-corrected chi connectivity index (χ0v) is 13.2. The van der Waals surface area contributed by atoms with Crippen molar-refractivity contribution in [1.82, 2.24) is 0 Å². The van der Waals surface area contributed by atoms with E-state index in [-0.39, 0.29) is 0 Å². The summed E-state index contributed by atoms with van der Waals surface area (Å²) in [6.07, 6.45) is 0. The highest BCUT2D eigenvalue weighted by molar-refractivity contribution is 6.32. The van der Waals surface area contributed by atoms with Crippen LogP contribution < -0.4 is 5.73 Å². The van der Waals surface area contributed by atoms with Crippen LogP contribution in [0, 0.1) is 13.8 Å². The molecule has 0 aliphatic carbocycles. The molecule has 0 unspecified atom stereocenters. The molecule has 0 spiro atoms. The molecule has 10 N–H and O–H groups in total. The number of hydrogen-bond donors (Lipinski definition) is 9. The van der Waals surface area contributed by atoms with Crippen molar-refractivity contribution < 1.29 is 57.5 Å². The Kier molecular flexibility index (Phi) is 26.1. The summed E-state index contributed by atoms with van der Waals surface area (Å²) in [5.41, 5.74) is 8.96. The van der Waals surface area contributed by atoms with Gasteiger partial charge in [-0.25, -0.2) is 0 Å². The predicted octanol–water partition coefficient (Wildman–Crippen LogP) is -2.41. The lowest BCUT2D eigenvalue weighted by Crippen LogP contribution is -1.98. The molecule has 0 heterocycles. The zero-order valence-electron chi connectivity index (χ0n) is 13.2. The van der Waals surface area contributed by atoms with Crippen molar-refractivity contribution >= 4 is 35.3 Å². The van der Waals surface area contributed by atoms with Crippen molar-refractivity contribution in [3.8, 4) is 0 Å². The van der Waals surface area contributed by atoms with E-state index in [1.165, 1.54) is 11.1 Å². The lowest BCUT2D eigenvalue weighted by Gasteiger charge is -2.00. The van der Waals surface area contributed by atoms with Gasteiger partial charge in [0.05, 0.1) is 0 Å². The minimum Gasteiger partial charge on any atom is -0.399 e. The number of rotatable bonds is 0. The first-order chi connectivity index (χ1) is 11.1. The Labute approximate surface area is 142 Å². The highest BCUT2D eigenvalue weighted by atomic mass is 19.1. The Balaban J connectivity index is -0.000000119. The van der Waals surface area contributed by atoms with Gasteiger partial charge >= 0.3 is 29.6 Å². The Bertz CT molecular complexity index is 353. The SMILES string of the molecule is Cc1cccc(N)c1C.OB(O)F.OB(O)F.OB(O)F.OB(O)F. The van der Waals surface area contributed by atoms with Gasteiger partial charge in [-0.3, -0.25) is 17.3 Å². The highest BCUT2D eigenvalue weighted by Gasteiger charge is 1.98. The van der Waals surface area contributed by atoms with Crippen LogP contribution in [0.5, 0.6) is 0 Å². The van der Waals surface area contributed by atoms with Crippen LogP contribution in [0.1, 0.15) is 11.1 Å². The third-order valence-corrected chi connectivity index (χ3v) is 1.65. The van der Waals surface area contributed by atoms with Gasteiger partial charge in [-0.15, -0.1) is 0 Å². The van der Waals surface area contributed by atoms with Gasteiger partial charge in [-0.05, 0) is 31.0 Å². The third-order valence-electron chi connectivity index (χ3n) is 1.65. The molecule has 0 aliphatic heterocycles. The number of aryl methyl sites for hydroxylation is 1. The van der Waals surface area contributed by atoms with Crippen molar-refractivity contribution in [1.29, 1.82) is 0 Å². The summed E-state index contributed by atoms with van der Waals surface area (Å²) in [6, 6.07) is 5.95. The normalized spacial score (nSPS) is 7.76. The second-order valence-electron chi connectivity index (χ2n) is 3.53. The molecule has 0 radical (unpaired) electrons. The molecular formula is C8H19B4F4NO8. The van der Waals surface area contributed by atoms with E-state index in [0.29, 0.717) is 0 Å². The van der Waals surface area contributed by atoms with Gasteiger partial charge in [0.1, 0.15) is 0 Å². The van der Waals surface area contributed by atoms with Gasteiger partial charge in [0, 0.05) is 5.69 Å². The van der Waals surface area contributed by atoms with Crippen molar-refractivity contribution in [3.05, 3.63) is 29.3 Å². The van der Waals surface area contributed by atoms with Crippen LogP contribution in [0.15, 0.2) is 18.2 Å². The van der Waals surface area contributed by atoms with Gasteiger partial charge in [-0.1, -0.05) is 12.1 Å². The van der Waals surface area contributed by atoms with Crippen LogP contribution in [0.2, 0.25) is 0 Å². The summed E-state index contributed by atoms with van der Waals surface area (Å²) >= 11 is 0. The molecule has 0 aromatic heterocycles. The van der Waals surface area contributed by atoms with Crippen LogP contribution >= 0.6 is 0 Å². The fourth-order valence-corrected chi connectivity index (χ4v) is 0.774. The summed E-state index contributed by atoms with van der Waals surface area (Å²) in [5, 5.41) is 55.6. The van der Waals surface area contributed by atoms with Crippen LogP contribution in [0.25, 0.3) is 0 Å². The topological polar surface area (TPSA) is 188 Å². The summed E-state index contributed by atoms with van der Waals surface area (Å²) in [4.78, 5) is 0. The summed E-state index contributed by atoms with van der Waals surface area (Å²) in [6.45, 7) is 4.09. The first-order valence-corrected chi connectivity index (χ1v) is 5.97. The standard InChI is InChI=1S/C8H11N.4BFH2O2/c1-6-4-3-5-8(9)7(6)2;4*2-1(3)4/h3-5H,9H2,1-2H3;4*3-4H. The molecule has 0 saturated heterocycles. The van der Waals surface area contributed by atoms with Crippen LogP contribution in [-0.4, -0.2) is 69.8 Å². The largest absolute Gasteiger partial charge is 0.674 e. The van der Waals surface area contributed by atoms with Crippen molar-refractivity contribution in [2.75, 3.05) is 5.73 Å². The molecule has 1 aromatic rings. The quantitative estimate of drug-likeness (QED) is 0.135. The number of nitrogen functional groups attached to an aromatic ring is 1. The minimum absolute atomic E-state index is 0.884. The number of benzene rings is 1. The first-order valence-electron chi connectivity index (χ1n) is 5.97. The maximum Gasteiger partial charge on any atom is 0.674 e. The number of nitrogens with two attached hydrogens (primary N) is 1. The van der Waals surface area contributed by atoms with E-state index in [4.69, 9.17) is 45.9 Å².